The summed E-state index contributed by atoms with van der Waals surface area (Å²) in [5, 5.41) is 3.38. The standard InChI is InChI=1S/C17H23N3O/c1-5-10-18-17-12(2)13(3)19-16(20-17)11-14-8-6-7-9-15(14)21-4/h6-9H,5,10-11H2,1-4H3,(H,18,19,20). The third-order valence-electron chi connectivity index (χ3n) is 3.52. The second-order valence-corrected chi connectivity index (χ2v) is 5.11. The SMILES string of the molecule is CCCNc1nc(Cc2ccccc2OC)nc(C)c1C. The number of methoxy groups -OCH3 is 1. The zero-order valence-electron chi connectivity index (χ0n) is 13.2. The number of rotatable bonds is 6. The van der Waals surface area contributed by atoms with E-state index in [0.29, 0.717) is 6.42 Å². The van der Waals surface area contributed by atoms with Crippen LogP contribution in [-0.2, 0) is 6.42 Å². The molecule has 0 spiro atoms. The van der Waals surface area contributed by atoms with Gasteiger partial charge in [-0.1, -0.05) is 25.1 Å². The van der Waals surface area contributed by atoms with E-state index in [2.05, 4.69) is 35.2 Å². The summed E-state index contributed by atoms with van der Waals surface area (Å²) < 4.78 is 5.40. The molecule has 0 atom stereocenters. The Morgan fingerprint density at radius 1 is 1.14 bits per heavy atom. The third kappa shape index (κ3) is 3.72. The van der Waals surface area contributed by atoms with Crippen LogP contribution in [-0.4, -0.2) is 23.6 Å². The number of anilines is 1. The van der Waals surface area contributed by atoms with Crippen LogP contribution < -0.4 is 10.1 Å². The van der Waals surface area contributed by atoms with Gasteiger partial charge in [-0.15, -0.1) is 0 Å². The van der Waals surface area contributed by atoms with Crippen molar-refractivity contribution in [1.29, 1.82) is 0 Å². The van der Waals surface area contributed by atoms with Crippen molar-refractivity contribution in [3.05, 3.63) is 46.9 Å². The highest BCUT2D eigenvalue weighted by Crippen LogP contribution is 2.22. The van der Waals surface area contributed by atoms with E-state index in [0.717, 1.165) is 47.2 Å². The van der Waals surface area contributed by atoms with Crippen molar-refractivity contribution < 1.29 is 4.74 Å². The van der Waals surface area contributed by atoms with Gasteiger partial charge in [-0.3, -0.25) is 0 Å². The summed E-state index contributed by atoms with van der Waals surface area (Å²) in [6.07, 6.45) is 1.75. The average Bonchev–Trinajstić information content (AvgIpc) is 2.50. The Kier molecular flexibility index (Phi) is 5.14. The minimum atomic E-state index is 0.673. The summed E-state index contributed by atoms with van der Waals surface area (Å²) in [6, 6.07) is 8.00. The van der Waals surface area contributed by atoms with E-state index in [4.69, 9.17) is 4.74 Å². The predicted molar refractivity (Wildman–Crippen MR) is 86.1 cm³/mol. The van der Waals surface area contributed by atoms with Gasteiger partial charge < -0.3 is 10.1 Å². The molecule has 1 N–H and O–H groups in total. The van der Waals surface area contributed by atoms with Crippen molar-refractivity contribution >= 4 is 5.82 Å². The molecule has 21 heavy (non-hydrogen) atoms. The maximum atomic E-state index is 5.40. The van der Waals surface area contributed by atoms with Gasteiger partial charge in [0.15, 0.2) is 0 Å². The molecule has 4 nitrogen and oxygen atoms in total. The molecule has 0 saturated carbocycles. The van der Waals surface area contributed by atoms with Crippen LogP contribution in [0.25, 0.3) is 0 Å². The Morgan fingerprint density at radius 2 is 1.90 bits per heavy atom. The first-order chi connectivity index (χ1) is 10.2. The van der Waals surface area contributed by atoms with Crippen LogP contribution in [0.1, 0.15) is 36.0 Å². The third-order valence-corrected chi connectivity index (χ3v) is 3.52. The van der Waals surface area contributed by atoms with Crippen molar-refractivity contribution in [3.8, 4) is 5.75 Å². The van der Waals surface area contributed by atoms with Gasteiger partial charge in [-0.25, -0.2) is 9.97 Å². The van der Waals surface area contributed by atoms with E-state index < -0.39 is 0 Å². The van der Waals surface area contributed by atoms with Gasteiger partial charge in [-0.05, 0) is 26.3 Å². The number of benzene rings is 1. The van der Waals surface area contributed by atoms with E-state index >= 15 is 0 Å². The van der Waals surface area contributed by atoms with E-state index in [1.165, 1.54) is 0 Å². The fraction of sp³-hybridized carbons (Fsp3) is 0.412. The fourth-order valence-corrected chi connectivity index (χ4v) is 2.20. The van der Waals surface area contributed by atoms with Crippen LogP contribution in [0.4, 0.5) is 5.82 Å². The summed E-state index contributed by atoms with van der Waals surface area (Å²) in [4.78, 5) is 9.27. The molecule has 0 aliphatic rings. The molecule has 0 saturated heterocycles. The minimum absolute atomic E-state index is 0.673. The molecule has 0 bridgehead atoms. The van der Waals surface area contributed by atoms with Crippen LogP contribution in [0, 0.1) is 13.8 Å². The van der Waals surface area contributed by atoms with Gasteiger partial charge in [-0.2, -0.15) is 0 Å². The fourth-order valence-electron chi connectivity index (χ4n) is 2.20. The molecule has 0 aliphatic carbocycles. The van der Waals surface area contributed by atoms with E-state index in [1.54, 1.807) is 7.11 Å². The van der Waals surface area contributed by atoms with Crippen molar-refractivity contribution in [2.45, 2.75) is 33.6 Å². The lowest BCUT2D eigenvalue weighted by Gasteiger charge is -2.13. The molecule has 1 aromatic carbocycles. The van der Waals surface area contributed by atoms with Gasteiger partial charge in [0.2, 0.25) is 0 Å². The number of para-hydroxylation sites is 1. The smallest absolute Gasteiger partial charge is 0.135 e. The first-order valence-corrected chi connectivity index (χ1v) is 7.35. The minimum Gasteiger partial charge on any atom is -0.496 e. The Hall–Kier alpha value is -2.10. The number of nitrogens with one attached hydrogen (secondary N) is 1. The zero-order chi connectivity index (χ0) is 15.2. The lowest BCUT2D eigenvalue weighted by molar-refractivity contribution is 0.410. The molecule has 0 unspecified atom stereocenters. The summed E-state index contributed by atoms with van der Waals surface area (Å²) in [5.41, 5.74) is 3.24. The molecule has 0 radical (unpaired) electrons. The van der Waals surface area contributed by atoms with Gasteiger partial charge in [0.05, 0.1) is 7.11 Å². The van der Waals surface area contributed by atoms with Crippen molar-refractivity contribution in [1.82, 2.24) is 9.97 Å². The number of ether oxygens (including phenoxy) is 1. The van der Waals surface area contributed by atoms with Gasteiger partial charge in [0, 0.05) is 29.8 Å². The second-order valence-electron chi connectivity index (χ2n) is 5.11. The van der Waals surface area contributed by atoms with Gasteiger partial charge in [0.1, 0.15) is 17.4 Å². The van der Waals surface area contributed by atoms with Crippen molar-refractivity contribution in [3.63, 3.8) is 0 Å². The molecule has 0 amide bonds. The van der Waals surface area contributed by atoms with E-state index in [9.17, 15) is 0 Å². The molecule has 1 heterocycles. The Balaban J connectivity index is 2.29. The summed E-state index contributed by atoms with van der Waals surface area (Å²) in [6.45, 7) is 7.15. The molecule has 1 aromatic heterocycles. The van der Waals surface area contributed by atoms with Gasteiger partial charge in [0.25, 0.3) is 0 Å². The number of hydrogen-bond donors (Lipinski definition) is 1. The molecule has 2 aromatic rings. The molecule has 112 valence electrons. The Bertz CT molecular complexity index is 611. The molecular formula is C17H23N3O. The largest absolute Gasteiger partial charge is 0.496 e. The predicted octanol–water partition coefficient (Wildman–Crippen LogP) is 3.51. The zero-order valence-corrected chi connectivity index (χ0v) is 13.2. The lowest BCUT2D eigenvalue weighted by Crippen LogP contribution is -2.09. The highest BCUT2D eigenvalue weighted by molar-refractivity contribution is 5.46. The van der Waals surface area contributed by atoms with Crippen molar-refractivity contribution in [2.75, 3.05) is 19.0 Å². The maximum Gasteiger partial charge on any atom is 0.135 e. The summed E-state index contributed by atoms with van der Waals surface area (Å²) in [7, 11) is 1.69. The lowest BCUT2D eigenvalue weighted by atomic mass is 10.1. The highest BCUT2D eigenvalue weighted by Gasteiger charge is 2.10. The van der Waals surface area contributed by atoms with Crippen LogP contribution in [0.15, 0.2) is 24.3 Å². The van der Waals surface area contributed by atoms with Crippen molar-refractivity contribution in [2.24, 2.45) is 0 Å². The first-order valence-electron chi connectivity index (χ1n) is 7.35. The molecule has 0 fully saturated rings. The van der Waals surface area contributed by atoms with Crippen LogP contribution >= 0.6 is 0 Å². The molecule has 4 heteroatoms. The van der Waals surface area contributed by atoms with E-state index in [1.807, 2.05) is 25.1 Å². The molecular weight excluding hydrogens is 262 g/mol. The maximum absolute atomic E-state index is 5.40. The van der Waals surface area contributed by atoms with Gasteiger partial charge >= 0.3 is 0 Å². The Morgan fingerprint density at radius 3 is 2.62 bits per heavy atom. The number of nitrogens with zero attached hydrogens (tertiary/aromatic N) is 2. The Labute approximate surface area is 126 Å². The highest BCUT2D eigenvalue weighted by atomic mass is 16.5. The summed E-state index contributed by atoms with van der Waals surface area (Å²) in [5.74, 6) is 2.64. The van der Waals surface area contributed by atoms with Crippen LogP contribution in [0.5, 0.6) is 5.75 Å². The topological polar surface area (TPSA) is 47.0 Å². The van der Waals surface area contributed by atoms with Crippen LogP contribution in [0.3, 0.4) is 0 Å². The monoisotopic (exact) mass is 285 g/mol. The first kappa shape index (κ1) is 15.3. The van der Waals surface area contributed by atoms with E-state index in [-0.39, 0.29) is 0 Å². The second kappa shape index (κ2) is 7.07. The normalized spacial score (nSPS) is 10.5. The average molecular weight is 285 g/mol. The number of hydrogen-bond acceptors (Lipinski definition) is 4. The quantitative estimate of drug-likeness (QED) is 0.882. The molecule has 2 rings (SSSR count). The molecule has 0 aliphatic heterocycles. The number of aromatic nitrogens is 2. The van der Waals surface area contributed by atoms with Crippen LogP contribution in [0.2, 0.25) is 0 Å². The summed E-state index contributed by atoms with van der Waals surface area (Å²) >= 11 is 0. The number of aryl methyl sites for hydroxylation is 1.